The standard InChI is InChI=1S/C25H26N6O5S/c1-16-5-6-17(14-19(16)27-24(32)21-15-26-22-4-2-3-10-30(21)22)23-28-25(36-29-23)20-7-11-31(20)37(33,34)18-8-12-35-13-9-18/h2-6,10,14-15,18,20H,7-9,11-13H2,1H3,(H,27,32). The zero-order valence-electron chi connectivity index (χ0n) is 20.2. The third-order valence-electron chi connectivity index (χ3n) is 7.01. The molecule has 1 atom stereocenters. The molecule has 2 aliphatic heterocycles. The molecule has 192 valence electrons. The minimum atomic E-state index is -3.47. The summed E-state index contributed by atoms with van der Waals surface area (Å²) in [5, 5.41) is 6.61. The van der Waals surface area contributed by atoms with E-state index in [0.29, 0.717) is 67.4 Å². The number of nitrogens with zero attached hydrogens (tertiary/aromatic N) is 5. The summed E-state index contributed by atoms with van der Waals surface area (Å²) < 4.78 is 40.3. The number of amides is 1. The molecule has 0 bridgehead atoms. The first-order chi connectivity index (χ1) is 17.9. The van der Waals surface area contributed by atoms with Gasteiger partial charge < -0.3 is 14.6 Å². The van der Waals surface area contributed by atoms with Gasteiger partial charge in [-0.1, -0.05) is 23.4 Å². The Morgan fingerprint density at radius 2 is 1.97 bits per heavy atom. The Kier molecular flexibility index (Phi) is 6.01. The van der Waals surface area contributed by atoms with Gasteiger partial charge in [-0.05, 0) is 49.9 Å². The number of hydrogen-bond donors (Lipinski definition) is 1. The molecule has 6 rings (SSSR count). The summed E-state index contributed by atoms with van der Waals surface area (Å²) in [6.07, 6.45) is 4.93. The van der Waals surface area contributed by atoms with Crippen molar-refractivity contribution in [1.29, 1.82) is 0 Å². The van der Waals surface area contributed by atoms with Crippen molar-refractivity contribution in [3.05, 3.63) is 65.9 Å². The number of anilines is 1. The summed E-state index contributed by atoms with van der Waals surface area (Å²) in [5.74, 6) is 0.306. The summed E-state index contributed by atoms with van der Waals surface area (Å²) in [5.41, 5.74) is 3.21. The first kappa shape index (κ1) is 23.8. The maximum absolute atomic E-state index is 13.1. The zero-order valence-corrected chi connectivity index (χ0v) is 21.0. The molecule has 0 radical (unpaired) electrons. The SMILES string of the molecule is Cc1ccc(-c2noc(C3CCN3S(=O)(=O)C3CCOCC3)n2)cc1NC(=O)c1cnc2ccccn12. The van der Waals surface area contributed by atoms with Gasteiger partial charge in [0.1, 0.15) is 17.4 Å². The monoisotopic (exact) mass is 522 g/mol. The molecule has 2 fully saturated rings. The Morgan fingerprint density at radius 1 is 1.14 bits per heavy atom. The lowest BCUT2D eigenvalue weighted by Crippen LogP contribution is -2.50. The van der Waals surface area contributed by atoms with Crippen molar-refractivity contribution >= 4 is 27.3 Å². The van der Waals surface area contributed by atoms with Crippen LogP contribution in [0.1, 0.15) is 47.2 Å². The number of ether oxygens (including phenoxy) is 1. The Bertz CT molecular complexity index is 1570. The van der Waals surface area contributed by atoms with E-state index in [2.05, 4.69) is 20.4 Å². The molecule has 0 spiro atoms. The van der Waals surface area contributed by atoms with Crippen molar-refractivity contribution in [3.8, 4) is 11.4 Å². The van der Waals surface area contributed by atoms with Crippen molar-refractivity contribution < 1.29 is 22.5 Å². The fourth-order valence-corrected chi connectivity index (χ4v) is 6.83. The van der Waals surface area contributed by atoms with Crippen LogP contribution in [-0.2, 0) is 14.8 Å². The number of carbonyl (C=O) groups is 1. The first-order valence-corrected chi connectivity index (χ1v) is 13.7. The van der Waals surface area contributed by atoms with Gasteiger partial charge in [0, 0.05) is 37.2 Å². The molecule has 0 aliphatic carbocycles. The molecule has 1 N–H and O–H groups in total. The molecular weight excluding hydrogens is 496 g/mol. The van der Waals surface area contributed by atoms with E-state index in [0.717, 1.165) is 5.56 Å². The van der Waals surface area contributed by atoms with Crippen molar-refractivity contribution in [2.45, 2.75) is 37.5 Å². The molecule has 1 aromatic carbocycles. The molecule has 5 heterocycles. The third-order valence-corrected chi connectivity index (χ3v) is 9.41. The highest BCUT2D eigenvalue weighted by atomic mass is 32.2. The average Bonchev–Trinajstić information content (AvgIpc) is 3.53. The van der Waals surface area contributed by atoms with Gasteiger partial charge in [0.25, 0.3) is 5.91 Å². The third kappa shape index (κ3) is 4.30. The molecule has 12 heteroatoms. The molecule has 37 heavy (non-hydrogen) atoms. The molecular formula is C25H26N6O5S. The van der Waals surface area contributed by atoms with Crippen LogP contribution in [0.5, 0.6) is 0 Å². The van der Waals surface area contributed by atoms with Crippen molar-refractivity contribution in [1.82, 2.24) is 23.8 Å². The highest BCUT2D eigenvalue weighted by Crippen LogP contribution is 2.38. The second kappa shape index (κ2) is 9.36. The van der Waals surface area contributed by atoms with E-state index in [1.165, 1.54) is 10.5 Å². The molecule has 0 saturated carbocycles. The molecule has 11 nitrogen and oxygen atoms in total. The number of aryl methyl sites for hydroxylation is 1. The van der Waals surface area contributed by atoms with E-state index in [1.54, 1.807) is 16.7 Å². The van der Waals surface area contributed by atoms with Crippen LogP contribution >= 0.6 is 0 Å². The number of nitrogens with one attached hydrogen (secondary N) is 1. The van der Waals surface area contributed by atoms with E-state index < -0.39 is 21.3 Å². The summed E-state index contributed by atoms with van der Waals surface area (Å²) in [6, 6.07) is 10.5. The molecule has 2 saturated heterocycles. The van der Waals surface area contributed by atoms with E-state index in [1.807, 2.05) is 37.3 Å². The van der Waals surface area contributed by atoms with Crippen LogP contribution in [0.3, 0.4) is 0 Å². The van der Waals surface area contributed by atoms with E-state index in [4.69, 9.17) is 9.26 Å². The number of fused-ring (bicyclic) bond motifs is 1. The second-order valence-corrected chi connectivity index (χ2v) is 11.4. The Morgan fingerprint density at radius 3 is 2.76 bits per heavy atom. The number of carbonyl (C=O) groups excluding carboxylic acids is 1. The largest absolute Gasteiger partial charge is 0.381 e. The minimum Gasteiger partial charge on any atom is -0.381 e. The molecule has 3 aromatic heterocycles. The van der Waals surface area contributed by atoms with Crippen LogP contribution < -0.4 is 5.32 Å². The number of rotatable bonds is 6. The predicted octanol–water partition coefficient (Wildman–Crippen LogP) is 3.20. The molecule has 4 aromatic rings. The first-order valence-electron chi connectivity index (χ1n) is 12.2. The second-order valence-electron chi connectivity index (χ2n) is 9.28. The van der Waals surface area contributed by atoms with Gasteiger partial charge in [-0.15, -0.1) is 0 Å². The normalized spacial score (nSPS) is 19.1. The Balaban J connectivity index is 1.21. The lowest BCUT2D eigenvalue weighted by atomic mass is 10.1. The maximum Gasteiger partial charge on any atom is 0.274 e. The van der Waals surface area contributed by atoms with Crippen molar-refractivity contribution in [2.24, 2.45) is 0 Å². The molecule has 1 unspecified atom stereocenters. The molecule has 1 amide bonds. The van der Waals surface area contributed by atoms with Gasteiger partial charge in [0.15, 0.2) is 0 Å². The summed E-state index contributed by atoms with van der Waals surface area (Å²) in [7, 11) is -3.47. The van der Waals surface area contributed by atoms with Gasteiger partial charge >= 0.3 is 0 Å². The lowest BCUT2D eigenvalue weighted by Gasteiger charge is -2.40. The van der Waals surface area contributed by atoms with Crippen molar-refractivity contribution in [2.75, 3.05) is 25.1 Å². The number of pyridine rings is 1. The van der Waals surface area contributed by atoms with Crippen LogP contribution in [0.2, 0.25) is 0 Å². The number of sulfonamides is 1. The van der Waals surface area contributed by atoms with E-state index in [9.17, 15) is 13.2 Å². The highest BCUT2D eigenvalue weighted by molar-refractivity contribution is 7.89. The van der Waals surface area contributed by atoms with Crippen LogP contribution in [0.4, 0.5) is 5.69 Å². The maximum atomic E-state index is 13.1. The summed E-state index contributed by atoms with van der Waals surface area (Å²) >= 11 is 0. The van der Waals surface area contributed by atoms with E-state index >= 15 is 0 Å². The van der Waals surface area contributed by atoms with Crippen LogP contribution in [-0.4, -0.2) is 63.2 Å². The van der Waals surface area contributed by atoms with E-state index in [-0.39, 0.29) is 11.8 Å². The number of hydrogen-bond acceptors (Lipinski definition) is 8. The minimum absolute atomic E-state index is 0.272. The lowest BCUT2D eigenvalue weighted by molar-refractivity contribution is 0.0933. The summed E-state index contributed by atoms with van der Waals surface area (Å²) in [4.78, 5) is 21.8. The Labute approximate surface area is 213 Å². The van der Waals surface area contributed by atoms with Crippen LogP contribution in [0, 0.1) is 6.92 Å². The smallest absolute Gasteiger partial charge is 0.274 e. The van der Waals surface area contributed by atoms with Gasteiger partial charge in [-0.2, -0.15) is 9.29 Å². The Hall–Kier alpha value is -3.61. The highest BCUT2D eigenvalue weighted by Gasteiger charge is 2.45. The fraction of sp³-hybridized carbons (Fsp3) is 0.360. The van der Waals surface area contributed by atoms with Crippen molar-refractivity contribution in [3.63, 3.8) is 0 Å². The average molecular weight is 523 g/mol. The number of aromatic nitrogens is 4. The van der Waals surface area contributed by atoms with Gasteiger partial charge in [0.2, 0.25) is 21.7 Å². The van der Waals surface area contributed by atoms with Crippen LogP contribution in [0.25, 0.3) is 17.0 Å². The number of imidazole rings is 1. The quantitative estimate of drug-likeness (QED) is 0.408. The van der Waals surface area contributed by atoms with Gasteiger partial charge in [-0.3, -0.25) is 9.20 Å². The molecule has 2 aliphatic rings. The van der Waals surface area contributed by atoms with Crippen LogP contribution in [0.15, 0.2) is 53.3 Å². The van der Waals surface area contributed by atoms with Gasteiger partial charge in [0.05, 0.1) is 11.4 Å². The zero-order chi connectivity index (χ0) is 25.6. The number of benzene rings is 1. The summed E-state index contributed by atoms with van der Waals surface area (Å²) in [6.45, 7) is 3.24. The fourth-order valence-electron chi connectivity index (χ4n) is 4.75. The van der Waals surface area contributed by atoms with Gasteiger partial charge in [-0.25, -0.2) is 13.4 Å². The topological polar surface area (TPSA) is 132 Å². The predicted molar refractivity (Wildman–Crippen MR) is 134 cm³/mol.